The molecule has 7 nitrogen and oxygen atoms in total. The van der Waals surface area contributed by atoms with E-state index in [-0.39, 0.29) is 17.5 Å². The van der Waals surface area contributed by atoms with E-state index in [1.54, 1.807) is 30.7 Å². The highest BCUT2D eigenvalue weighted by Crippen LogP contribution is 2.30. The average Bonchev–Trinajstić information content (AvgIpc) is 3.00. The largest absolute Gasteiger partial charge is 0.496 e. The van der Waals surface area contributed by atoms with Crippen molar-refractivity contribution in [3.05, 3.63) is 30.1 Å². The number of fused-ring (bicyclic) bond motifs is 1. The minimum atomic E-state index is -0.360. The molecule has 0 amide bonds. The fourth-order valence-corrected chi connectivity index (χ4v) is 3.15. The second-order valence-electron chi connectivity index (χ2n) is 5.33. The Bertz CT molecular complexity index is 961. The lowest BCUT2D eigenvalue weighted by atomic mass is 10.1. The number of methoxy groups -OCH3 is 1. The van der Waals surface area contributed by atoms with Crippen LogP contribution in [0.15, 0.2) is 29.4 Å². The number of ether oxygens (including phenoxy) is 2. The van der Waals surface area contributed by atoms with Crippen molar-refractivity contribution < 1.29 is 18.7 Å². The van der Waals surface area contributed by atoms with Gasteiger partial charge in [0, 0.05) is 18.5 Å². The zero-order chi connectivity index (χ0) is 18.7. The predicted molar refractivity (Wildman–Crippen MR) is 95.6 cm³/mol. The average molecular weight is 376 g/mol. The van der Waals surface area contributed by atoms with E-state index in [2.05, 4.69) is 15.2 Å². The van der Waals surface area contributed by atoms with Crippen molar-refractivity contribution in [1.29, 1.82) is 0 Å². The first-order valence-corrected chi connectivity index (χ1v) is 8.84. The van der Waals surface area contributed by atoms with Crippen LogP contribution in [0.25, 0.3) is 22.4 Å². The van der Waals surface area contributed by atoms with Crippen LogP contribution in [0.4, 0.5) is 4.39 Å². The third kappa shape index (κ3) is 3.62. The molecule has 3 aromatic rings. The molecule has 9 heteroatoms. The molecule has 0 atom stereocenters. The van der Waals surface area contributed by atoms with Gasteiger partial charge in [0.15, 0.2) is 11.0 Å². The summed E-state index contributed by atoms with van der Waals surface area (Å²) in [6.45, 7) is 2.10. The molecule has 0 aliphatic carbocycles. The fourth-order valence-electron chi connectivity index (χ4n) is 2.44. The summed E-state index contributed by atoms with van der Waals surface area (Å²) in [4.78, 5) is 16.0. The molecule has 0 aliphatic heterocycles. The molecular formula is C17H17FN4O3S. The number of halogens is 1. The summed E-state index contributed by atoms with van der Waals surface area (Å²) in [5.41, 5.74) is 1.13. The highest BCUT2D eigenvalue weighted by molar-refractivity contribution is 7.99. The molecule has 0 N–H and O–H groups in total. The van der Waals surface area contributed by atoms with Gasteiger partial charge in [-0.1, -0.05) is 11.8 Å². The van der Waals surface area contributed by atoms with Crippen LogP contribution in [0.3, 0.4) is 0 Å². The van der Waals surface area contributed by atoms with Gasteiger partial charge in [-0.25, -0.2) is 9.37 Å². The zero-order valence-electron chi connectivity index (χ0n) is 14.5. The molecule has 0 aliphatic rings. The van der Waals surface area contributed by atoms with Crippen LogP contribution in [-0.2, 0) is 16.6 Å². The molecule has 0 saturated heterocycles. The van der Waals surface area contributed by atoms with Gasteiger partial charge in [0.25, 0.3) is 0 Å². The maximum Gasteiger partial charge on any atom is 0.316 e. The summed E-state index contributed by atoms with van der Waals surface area (Å²) >= 11 is 1.23. The van der Waals surface area contributed by atoms with Gasteiger partial charge in [-0.2, -0.15) is 0 Å². The molecule has 26 heavy (non-hydrogen) atoms. The normalized spacial score (nSPS) is 10.9. The van der Waals surface area contributed by atoms with E-state index in [1.165, 1.54) is 31.0 Å². The summed E-state index contributed by atoms with van der Waals surface area (Å²) in [5, 5.41) is 9.40. The minimum absolute atomic E-state index is 0.146. The molecule has 0 radical (unpaired) electrons. The fraction of sp³-hybridized carbons (Fsp3) is 0.294. The van der Waals surface area contributed by atoms with E-state index in [0.717, 1.165) is 0 Å². The third-order valence-corrected chi connectivity index (χ3v) is 4.63. The van der Waals surface area contributed by atoms with Crippen LogP contribution < -0.4 is 4.74 Å². The Kier molecular flexibility index (Phi) is 5.36. The summed E-state index contributed by atoms with van der Waals surface area (Å²) in [6, 6.07) is 5.99. The number of carbonyl (C=O) groups is 1. The van der Waals surface area contributed by atoms with Gasteiger partial charge < -0.3 is 14.0 Å². The van der Waals surface area contributed by atoms with E-state index in [1.807, 2.05) is 0 Å². The topological polar surface area (TPSA) is 79.1 Å². The number of nitrogens with zero attached hydrogens (tertiary/aromatic N) is 4. The third-order valence-electron chi connectivity index (χ3n) is 3.64. The van der Waals surface area contributed by atoms with Gasteiger partial charge in [0.05, 0.1) is 25.0 Å². The lowest BCUT2D eigenvalue weighted by Gasteiger charge is -2.09. The van der Waals surface area contributed by atoms with Crippen LogP contribution in [-0.4, -0.2) is 45.2 Å². The van der Waals surface area contributed by atoms with Crippen molar-refractivity contribution >= 4 is 28.6 Å². The van der Waals surface area contributed by atoms with Gasteiger partial charge in [0.2, 0.25) is 0 Å². The number of hydrogen-bond donors (Lipinski definition) is 0. The Labute approximate surface area is 153 Å². The van der Waals surface area contributed by atoms with Crippen molar-refractivity contribution in [3.8, 4) is 17.3 Å². The maximum atomic E-state index is 13.5. The minimum Gasteiger partial charge on any atom is -0.496 e. The standard InChI is InChI=1S/C17H17FN4O3S/c1-4-25-15(23)9-26-17-21-20-16(22(17)2)13-8-14(24-3)11-7-10(18)5-6-12(11)19-13/h5-8H,4,9H2,1-3H3. The highest BCUT2D eigenvalue weighted by atomic mass is 32.2. The van der Waals surface area contributed by atoms with E-state index < -0.39 is 0 Å². The van der Waals surface area contributed by atoms with Crippen LogP contribution >= 0.6 is 11.8 Å². The molecular weight excluding hydrogens is 359 g/mol. The van der Waals surface area contributed by atoms with Crippen LogP contribution in [0, 0.1) is 5.82 Å². The number of pyridine rings is 1. The molecule has 3 rings (SSSR count). The van der Waals surface area contributed by atoms with Crippen molar-refractivity contribution in [1.82, 2.24) is 19.7 Å². The summed E-state index contributed by atoms with van der Waals surface area (Å²) < 4.78 is 25.5. The molecule has 136 valence electrons. The van der Waals surface area contributed by atoms with E-state index >= 15 is 0 Å². The summed E-state index contributed by atoms with van der Waals surface area (Å²) in [6.07, 6.45) is 0. The lowest BCUT2D eigenvalue weighted by molar-refractivity contribution is -0.139. The van der Waals surface area contributed by atoms with Crippen molar-refractivity contribution in [2.75, 3.05) is 19.5 Å². The summed E-state index contributed by atoms with van der Waals surface area (Å²) in [5.74, 6) is 0.485. The second kappa shape index (κ2) is 7.69. The van der Waals surface area contributed by atoms with Gasteiger partial charge in [-0.05, 0) is 25.1 Å². The van der Waals surface area contributed by atoms with Crippen molar-refractivity contribution in [2.24, 2.45) is 7.05 Å². The molecule has 0 saturated carbocycles. The highest BCUT2D eigenvalue weighted by Gasteiger charge is 2.17. The molecule has 0 fully saturated rings. The van der Waals surface area contributed by atoms with Gasteiger partial charge in [0.1, 0.15) is 17.3 Å². The summed E-state index contributed by atoms with van der Waals surface area (Å²) in [7, 11) is 3.30. The molecule has 0 unspecified atom stereocenters. The Morgan fingerprint density at radius 3 is 2.85 bits per heavy atom. The van der Waals surface area contributed by atoms with Crippen LogP contribution in [0.1, 0.15) is 6.92 Å². The monoisotopic (exact) mass is 376 g/mol. The first kappa shape index (κ1) is 18.1. The van der Waals surface area contributed by atoms with Gasteiger partial charge in [-0.15, -0.1) is 10.2 Å². The molecule has 2 aromatic heterocycles. The number of thioether (sulfide) groups is 1. The van der Waals surface area contributed by atoms with Crippen molar-refractivity contribution in [3.63, 3.8) is 0 Å². The smallest absolute Gasteiger partial charge is 0.316 e. The molecule has 0 spiro atoms. The number of carbonyl (C=O) groups excluding carboxylic acids is 1. The number of hydrogen-bond acceptors (Lipinski definition) is 7. The Balaban J connectivity index is 1.94. The maximum absolute atomic E-state index is 13.5. The Morgan fingerprint density at radius 1 is 1.31 bits per heavy atom. The predicted octanol–water partition coefficient (Wildman–Crippen LogP) is 2.83. The number of rotatable bonds is 6. The zero-order valence-corrected chi connectivity index (χ0v) is 15.3. The lowest BCUT2D eigenvalue weighted by Crippen LogP contribution is -2.07. The molecule has 2 heterocycles. The first-order valence-electron chi connectivity index (χ1n) is 7.86. The quantitative estimate of drug-likeness (QED) is 0.483. The van der Waals surface area contributed by atoms with Crippen LogP contribution in [0.5, 0.6) is 5.75 Å². The second-order valence-corrected chi connectivity index (χ2v) is 6.27. The van der Waals surface area contributed by atoms with E-state index in [4.69, 9.17) is 9.47 Å². The van der Waals surface area contributed by atoms with Crippen LogP contribution in [0.2, 0.25) is 0 Å². The first-order chi connectivity index (χ1) is 12.5. The SMILES string of the molecule is CCOC(=O)CSc1nnc(-c2cc(OC)c3cc(F)ccc3n2)n1C. The number of aromatic nitrogens is 4. The Hall–Kier alpha value is -2.68. The van der Waals surface area contributed by atoms with Gasteiger partial charge >= 0.3 is 5.97 Å². The number of esters is 1. The van der Waals surface area contributed by atoms with Gasteiger partial charge in [-0.3, -0.25) is 4.79 Å². The van der Waals surface area contributed by atoms with E-state index in [9.17, 15) is 9.18 Å². The Morgan fingerprint density at radius 2 is 2.12 bits per heavy atom. The van der Waals surface area contributed by atoms with Crippen molar-refractivity contribution in [2.45, 2.75) is 12.1 Å². The van der Waals surface area contributed by atoms with E-state index in [0.29, 0.717) is 39.9 Å². The molecule has 1 aromatic carbocycles. The molecule has 0 bridgehead atoms. The number of benzene rings is 1.